The third kappa shape index (κ3) is 1.87. The third-order valence-corrected chi connectivity index (χ3v) is 2.79. The molecule has 1 heterocycles. The minimum Gasteiger partial charge on any atom is -0.273 e. The largest absolute Gasteiger partial charge is 0.345 e. The minimum absolute atomic E-state index is 0.187. The van der Waals surface area contributed by atoms with Crippen molar-refractivity contribution in [2.75, 3.05) is 13.6 Å². The van der Waals surface area contributed by atoms with Crippen LogP contribution in [0.4, 0.5) is 4.79 Å². The molecule has 0 unspecified atom stereocenters. The number of imide groups is 1. The van der Waals surface area contributed by atoms with Gasteiger partial charge in [-0.1, -0.05) is 6.08 Å². The minimum atomic E-state index is -0.278. The second kappa shape index (κ2) is 4.02. The number of carbonyl (C=O) groups excluding carboxylic acids is 2. The van der Waals surface area contributed by atoms with Gasteiger partial charge in [0.2, 0.25) is 5.91 Å². The first-order valence-corrected chi connectivity index (χ1v) is 5.23. The molecule has 2 aliphatic rings. The highest BCUT2D eigenvalue weighted by Gasteiger charge is 2.30. The van der Waals surface area contributed by atoms with E-state index in [2.05, 4.69) is 11.5 Å². The van der Waals surface area contributed by atoms with Crippen molar-refractivity contribution in [3.05, 3.63) is 11.8 Å². The quantitative estimate of drug-likeness (QED) is 0.696. The Balaban J connectivity index is 2.13. The molecule has 0 saturated carbocycles. The number of hydrazine groups is 1. The topological polar surface area (TPSA) is 52.7 Å². The van der Waals surface area contributed by atoms with Crippen LogP contribution in [0.2, 0.25) is 0 Å². The average Bonchev–Trinajstić information content (AvgIpc) is 2.27. The van der Waals surface area contributed by atoms with Crippen LogP contribution in [0.5, 0.6) is 0 Å². The molecule has 1 aliphatic carbocycles. The van der Waals surface area contributed by atoms with E-state index in [1.807, 2.05) is 0 Å². The summed E-state index contributed by atoms with van der Waals surface area (Å²) in [4.78, 5) is 24.2. The molecule has 0 aromatic rings. The molecular formula is C10H15N3O2. The number of amides is 3. The Kier molecular flexibility index (Phi) is 2.73. The number of likely N-dealkylation sites (N-methyl/N-ethyl adjacent to an activating group) is 1. The Morgan fingerprint density at radius 1 is 1.33 bits per heavy atom. The maximum absolute atomic E-state index is 11.8. The Hall–Kier alpha value is -1.36. The van der Waals surface area contributed by atoms with E-state index in [-0.39, 0.29) is 18.5 Å². The number of nitrogens with zero attached hydrogens (tertiary/aromatic N) is 2. The zero-order valence-corrected chi connectivity index (χ0v) is 8.82. The fraction of sp³-hybridized carbons (Fsp3) is 0.600. The molecule has 5 heteroatoms. The summed E-state index contributed by atoms with van der Waals surface area (Å²) < 4.78 is 0. The Morgan fingerprint density at radius 3 is 2.80 bits per heavy atom. The maximum Gasteiger partial charge on any atom is 0.345 e. The Bertz CT molecular complexity index is 325. The van der Waals surface area contributed by atoms with E-state index in [1.165, 1.54) is 18.5 Å². The Morgan fingerprint density at radius 2 is 2.13 bits per heavy atom. The lowest BCUT2D eigenvalue weighted by Gasteiger charge is -2.34. The van der Waals surface area contributed by atoms with Crippen molar-refractivity contribution in [1.29, 1.82) is 0 Å². The summed E-state index contributed by atoms with van der Waals surface area (Å²) in [6, 6.07) is -0.278. The first kappa shape index (κ1) is 10.2. The van der Waals surface area contributed by atoms with E-state index < -0.39 is 0 Å². The number of hydrogen-bond donors (Lipinski definition) is 1. The molecule has 0 aromatic heterocycles. The van der Waals surface area contributed by atoms with Gasteiger partial charge in [-0.2, -0.15) is 0 Å². The summed E-state index contributed by atoms with van der Waals surface area (Å²) in [5, 5.41) is 1.50. The predicted octanol–water partition coefficient (Wildman–Crippen LogP) is 0.843. The molecule has 0 aromatic carbocycles. The van der Waals surface area contributed by atoms with E-state index in [4.69, 9.17) is 0 Å². The van der Waals surface area contributed by atoms with Gasteiger partial charge in [0, 0.05) is 12.7 Å². The first-order chi connectivity index (χ1) is 7.20. The SMILES string of the molecule is CN1C(=O)CNN(C2=CCCCC2)C1=O. The molecule has 0 radical (unpaired) electrons. The summed E-state index contributed by atoms with van der Waals surface area (Å²) in [6.07, 6.45) is 6.27. The van der Waals surface area contributed by atoms with Crippen molar-refractivity contribution in [3.63, 3.8) is 0 Å². The Labute approximate surface area is 88.7 Å². The predicted molar refractivity (Wildman–Crippen MR) is 54.6 cm³/mol. The van der Waals surface area contributed by atoms with Crippen LogP contribution in [0.3, 0.4) is 0 Å². The van der Waals surface area contributed by atoms with Gasteiger partial charge in [0.25, 0.3) is 0 Å². The zero-order chi connectivity index (χ0) is 10.8. The average molecular weight is 209 g/mol. The summed E-state index contributed by atoms with van der Waals surface area (Å²) in [5.74, 6) is -0.187. The normalized spacial score (nSPS) is 23.1. The summed E-state index contributed by atoms with van der Waals surface area (Å²) in [7, 11) is 1.52. The fourth-order valence-electron chi connectivity index (χ4n) is 1.84. The number of nitrogens with one attached hydrogen (secondary N) is 1. The number of rotatable bonds is 1. The van der Waals surface area contributed by atoms with Gasteiger partial charge in [-0.3, -0.25) is 9.69 Å². The van der Waals surface area contributed by atoms with Crippen molar-refractivity contribution in [3.8, 4) is 0 Å². The van der Waals surface area contributed by atoms with E-state index >= 15 is 0 Å². The highest BCUT2D eigenvalue weighted by molar-refractivity contribution is 5.97. The van der Waals surface area contributed by atoms with Crippen molar-refractivity contribution in [1.82, 2.24) is 15.3 Å². The molecule has 1 aliphatic heterocycles. The zero-order valence-electron chi connectivity index (χ0n) is 8.82. The lowest BCUT2D eigenvalue weighted by atomic mass is 10.0. The van der Waals surface area contributed by atoms with Crippen LogP contribution in [0.25, 0.3) is 0 Å². The van der Waals surface area contributed by atoms with E-state index in [0.29, 0.717) is 0 Å². The lowest BCUT2D eigenvalue weighted by molar-refractivity contribution is -0.129. The van der Waals surface area contributed by atoms with E-state index in [0.717, 1.165) is 29.9 Å². The third-order valence-electron chi connectivity index (χ3n) is 2.79. The van der Waals surface area contributed by atoms with Crippen molar-refractivity contribution < 1.29 is 9.59 Å². The van der Waals surface area contributed by atoms with Gasteiger partial charge in [-0.25, -0.2) is 15.2 Å². The van der Waals surface area contributed by atoms with Crippen molar-refractivity contribution >= 4 is 11.9 Å². The van der Waals surface area contributed by atoms with Crippen LogP contribution in [0, 0.1) is 0 Å². The second-order valence-corrected chi connectivity index (χ2v) is 3.85. The molecule has 1 fully saturated rings. The standard InChI is InChI=1S/C10H15N3O2/c1-12-9(14)7-11-13(10(12)15)8-5-3-2-4-6-8/h5,11H,2-4,6-7H2,1H3. The molecule has 1 saturated heterocycles. The number of allylic oxidation sites excluding steroid dienone is 2. The van der Waals surface area contributed by atoms with Gasteiger partial charge < -0.3 is 0 Å². The van der Waals surface area contributed by atoms with Gasteiger partial charge in [0.1, 0.15) is 0 Å². The van der Waals surface area contributed by atoms with Crippen LogP contribution >= 0.6 is 0 Å². The smallest absolute Gasteiger partial charge is 0.273 e. The van der Waals surface area contributed by atoms with Crippen LogP contribution in [-0.4, -0.2) is 35.4 Å². The van der Waals surface area contributed by atoms with Gasteiger partial charge in [0.05, 0.1) is 6.54 Å². The van der Waals surface area contributed by atoms with Gasteiger partial charge >= 0.3 is 6.03 Å². The highest BCUT2D eigenvalue weighted by atomic mass is 16.2. The van der Waals surface area contributed by atoms with Crippen LogP contribution in [0.1, 0.15) is 25.7 Å². The van der Waals surface area contributed by atoms with Crippen LogP contribution in [-0.2, 0) is 4.79 Å². The summed E-state index contributed by atoms with van der Waals surface area (Å²) in [6.45, 7) is 0.194. The lowest BCUT2D eigenvalue weighted by Crippen LogP contribution is -2.58. The van der Waals surface area contributed by atoms with E-state index in [1.54, 1.807) is 0 Å². The second-order valence-electron chi connectivity index (χ2n) is 3.85. The molecule has 0 spiro atoms. The van der Waals surface area contributed by atoms with Gasteiger partial charge in [-0.05, 0) is 25.7 Å². The molecular weight excluding hydrogens is 194 g/mol. The molecule has 3 amide bonds. The molecule has 0 bridgehead atoms. The number of carbonyl (C=O) groups is 2. The van der Waals surface area contributed by atoms with Crippen molar-refractivity contribution in [2.45, 2.75) is 25.7 Å². The summed E-state index contributed by atoms with van der Waals surface area (Å²) >= 11 is 0. The van der Waals surface area contributed by atoms with Crippen LogP contribution in [0.15, 0.2) is 11.8 Å². The number of urea groups is 1. The maximum atomic E-state index is 11.8. The van der Waals surface area contributed by atoms with Gasteiger partial charge in [0.15, 0.2) is 0 Å². The molecule has 1 N–H and O–H groups in total. The highest BCUT2D eigenvalue weighted by Crippen LogP contribution is 2.21. The molecule has 2 rings (SSSR count). The van der Waals surface area contributed by atoms with Crippen molar-refractivity contribution in [2.24, 2.45) is 0 Å². The van der Waals surface area contributed by atoms with E-state index in [9.17, 15) is 9.59 Å². The fourth-order valence-corrected chi connectivity index (χ4v) is 1.84. The van der Waals surface area contributed by atoms with Gasteiger partial charge in [-0.15, -0.1) is 0 Å². The molecule has 82 valence electrons. The van der Waals surface area contributed by atoms with Crippen LogP contribution < -0.4 is 5.43 Å². The molecule has 0 atom stereocenters. The number of hydrogen-bond acceptors (Lipinski definition) is 3. The monoisotopic (exact) mass is 209 g/mol. The first-order valence-electron chi connectivity index (χ1n) is 5.23. The molecule has 15 heavy (non-hydrogen) atoms. The molecule has 5 nitrogen and oxygen atoms in total. The summed E-state index contributed by atoms with van der Waals surface area (Å²) in [5.41, 5.74) is 3.83.